The van der Waals surface area contributed by atoms with E-state index in [1.54, 1.807) is 35.6 Å². The lowest BCUT2D eigenvalue weighted by Crippen LogP contribution is -2.52. The van der Waals surface area contributed by atoms with Crippen LogP contribution in [0, 0.1) is 0 Å². The van der Waals surface area contributed by atoms with Gasteiger partial charge in [0.25, 0.3) is 5.91 Å². The van der Waals surface area contributed by atoms with Gasteiger partial charge in [-0.3, -0.25) is 9.59 Å². The molecule has 146 valence electrons. The second-order valence-electron chi connectivity index (χ2n) is 7.27. The van der Waals surface area contributed by atoms with Crippen molar-refractivity contribution < 1.29 is 18.0 Å². The summed E-state index contributed by atoms with van der Waals surface area (Å²) < 4.78 is 25.5. The fraction of sp³-hybridized carbons (Fsp3) is 0.474. The van der Waals surface area contributed by atoms with Gasteiger partial charge in [0.2, 0.25) is 15.9 Å². The van der Waals surface area contributed by atoms with E-state index in [2.05, 4.69) is 11.9 Å². The lowest BCUT2D eigenvalue weighted by atomic mass is 9.99. The van der Waals surface area contributed by atoms with Crippen molar-refractivity contribution in [2.45, 2.75) is 43.8 Å². The smallest absolute Gasteiger partial charge is 0.251 e. The summed E-state index contributed by atoms with van der Waals surface area (Å²) in [5.41, 5.74) is 1.19. The number of fused-ring (bicyclic) bond motifs is 2. The second-order valence-corrected chi connectivity index (χ2v) is 9.16. The molecule has 2 aliphatic rings. The average molecular weight is 391 g/mol. The number of sulfonamides is 1. The van der Waals surface area contributed by atoms with Crippen molar-refractivity contribution in [3.05, 3.63) is 42.5 Å². The van der Waals surface area contributed by atoms with Crippen LogP contribution in [0.25, 0.3) is 0 Å². The van der Waals surface area contributed by atoms with Crippen molar-refractivity contribution in [3.63, 3.8) is 0 Å². The first-order chi connectivity index (χ1) is 12.7. The van der Waals surface area contributed by atoms with Crippen LogP contribution < -0.4 is 10.2 Å². The molecular formula is C19H25N3O4S. The van der Waals surface area contributed by atoms with E-state index in [4.69, 9.17) is 0 Å². The van der Waals surface area contributed by atoms with E-state index in [-0.39, 0.29) is 29.9 Å². The lowest BCUT2D eigenvalue weighted by molar-refractivity contribution is -0.113. The zero-order valence-electron chi connectivity index (χ0n) is 15.6. The van der Waals surface area contributed by atoms with E-state index in [1.165, 1.54) is 17.2 Å². The van der Waals surface area contributed by atoms with Crippen molar-refractivity contribution in [1.82, 2.24) is 9.62 Å². The standard InChI is InChI=1S/C19H25N3O4S/c1-4-18(23)21(2)15-7-5-13(6-8-15)19(24)20-14-11-16-9-10-17(12-14)22(16)27(3,25)26/h4-8,14,16-17H,1,9-12H2,2-3H3,(H,20,24). The molecule has 3 rings (SSSR count). The van der Waals surface area contributed by atoms with Crippen LogP contribution in [0.1, 0.15) is 36.0 Å². The van der Waals surface area contributed by atoms with Gasteiger partial charge in [0.15, 0.2) is 0 Å². The molecule has 0 spiro atoms. The van der Waals surface area contributed by atoms with Gasteiger partial charge in [0.1, 0.15) is 0 Å². The number of benzene rings is 1. The van der Waals surface area contributed by atoms with Crippen LogP contribution in [0.2, 0.25) is 0 Å². The van der Waals surface area contributed by atoms with Gasteiger partial charge >= 0.3 is 0 Å². The molecule has 0 radical (unpaired) electrons. The summed E-state index contributed by atoms with van der Waals surface area (Å²) in [7, 11) is -1.56. The molecule has 1 aromatic carbocycles. The van der Waals surface area contributed by atoms with Crippen molar-refractivity contribution in [2.24, 2.45) is 0 Å². The highest BCUT2D eigenvalue weighted by atomic mass is 32.2. The van der Waals surface area contributed by atoms with Crippen molar-refractivity contribution in [3.8, 4) is 0 Å². The minimum Gasteiger partial charge on any atom is -0.349 e. The molecule has 27 heavy (non-hydrogen) atoms. The van der Waals surface area contributed by atoms with E-state index >= 15 is 0 Å². The third-order valence-electron chi connectivity index (χ3n) is 5.41. The average Bonchev–Trinajstić information content (AvgIpc) is 2.92. The summed E-state index contributed by atoms with van der Waals surface area (Å²) in [6, 6.07) is 6.71. The Labute approximate surface area is 160 Å². The molecule has 8 heteroatoms. The molecule has 0 aliphatic carbocycles. The summed E-state index contributed by atoms with van der Waals surface area (Å²) in [5, 5.41) is 3.03. The Kier molecular flexibility index (Phi) is 5.39. The Morgan fingerprint density at radius 1 is 1.19 bits per heavy atom. The van der Waals surface area contributed by atoms with Crippen molar-refractivity contribution in [2.75, 3.05) is 18.2 Å². The highest BCUT2D eigenvalue weighted by Crippen LogP contribution is 2.37. The van der Waals surface area contributed by atoms with Gasteiger partial charge in [0.05, 0.1) is 6.26 Å². The maximum absolute atomic E-state index is 12.6. The van der Waals surface area contributed by atoms with Crippen LogP contribution in [0.3, 0.4) is 0 Å². The molecule has 1 aromatic rings. The molecule has 2 saturated heterocycles. The molecule has 2 unspecified atom stereocenters. The molecule has 2 heterocycles. The van der Waals surface area contributed by atoms with Crippen LogP contribution in [0.5, 0.6) is 0 Å². The zero-order chi connectivity index (χ0) is 19.8. The molecule has 2 amide bonds. The van der Waals surface area contributed by atoms with Gasteiger partial charge in [-0.2, -0.15) is 4.31 Å². The number of amides is 2. The number of hydrogen-bond acceptors (Lipinski definition) is 4. The number of carbonyl (C=O) groups excluding carboxylic acids is 2. The molecule has 1 N–H and O–H groups in total. The van der Waals surface area contributed by atoms with Crippen LogP contribution in [-0.4, -0.2) is 56.0 Å². The summed E-state index contributed by atoms with van der Waals surface area (Å²) in [4.78, 5) is 25.6. The first-order valence-corrected chi connectivity index (χ1v) is 10.8. The Morgan fingerprint density at radius 3 is 2.22 bits per heavy atom. The molecule has 7 nitrogen and oxygen atoms in total. The highest BCUT2D eigenvalue weighted by Gasteiger charge is 2.45. The maximum atomic E-state index is 12.6. The Balaban J connectivity index is 1.63. The van der Waals surface area contributed by atoms with Gasteiger partial charge in [-0.25, -0.2) is 8.42 Å². The van der Waals surface area contributed by atoms with Gasteiger partial charge in [-0.05, 0) is 56.0 Å². The lowest BCUT2D eigenvalue weighted by Gasteiger charge is -2.37. The number of anilines is 1. The number of likely N-dealkylation sites (N-methyl/N-ethyl adjacent to an activating group) is 1. The first kappa shape index (κ1) is 19.6. The largest absolute Gasteiger partial charge is 0.349 e. The number of rotatable bonds is 5. The minimum atomic E-state index is -3.21. The number of nitrogens with one attached hydrogen (secondary N) is 1. The fourth-order valence-corrected chi connectivity index (χ4v) is 5.63. The minimum absolute atomic E-state index is 0.0232. The molecule has 2 fully saturated rings. The van der Waals surface area contributed by atoms with Crippen LogP contribution in [0.15, 0.2) is 36.9 Å². The van der Waals surface area contributed by atoms with Gasteiger partial charge in [-0.15, -0.1) is 0 Å². The topological polar surface area (TPSA) is 86.8 Å². The summed E-state index contributed by atoms with van der Waals surface area (Å²) in [6.07, 6.45) is 5.48. The molecular weight excluding hydrogens is 366 g/mol. The molecule has 2 atom stereocenters. The van der Waals surface area contributed by atoms with Gasteiger partial charge in [-0.1, -0.05) is 6.58 Å². The summed E-state index contributed by atoms with van der Waals surface area (Å²) in [5.74, 6) is -0.406. The van der Waals surface area contributed by atoms with Crippen molar-refractivity contribution in [1.29, 1.82) is 0 Å². The molecule has 2 aliphatic heterocycles. The first-order valence-electron chi connectivity index (χ1n) is 9.00. The predicted octanol–water partition coefficient (Wildman–Crippen LogP) is 1.52. The van der Waals surface area contributed by atoms with Gasteiger partial charge < -0.3 is 10.2 Å². The maximum Gasteiger partial charge on any atom is 0.251 e. The van der Waals surface area contributed by atoms with Gasteiger partial charge in [0, 0.05) is 36.4 Å². The predicted molar refractivity (Wildman–Crippen MR) is 104 cm³/mol. The number of nitrogens with zero attached hydrogens (tertiary/aromatic N) is 2. The van der Waals surface area contributed by atoms with E-state index in [0.29, 0.717) is 24.1 Å². The summed E-state index contributed by atoms with van der Waals surface area (Å²) in [6.45, 7) is 3.46. The third-order valence-corrected chi connectivity index (χ3v) is 6.77. The normalized spacial score (nSPS) is 25.0. The number of hydrogen-bond donors (Lipinski definition) is 1. The monoisotopic (exact) mass is 391 g/mol. The number of piperidine rings is 1. The third kappa shape index (κ3) is 4.06. The Bertz CT molecular complexity index is 836. The van der Waals surface area contributed by atoms with Crippen LogP contribution >= 0.6 is 0 Å². The van der Waals surface area contributed by atoms with Crippen molar-refractivity contribution >= 4 is 27.5 Å². The second kappa shape index (κ2) is 7.44. The van der Waals surface area contributed by atoms with Crippen LogP contribution in [0.4, 0.5) is 5.69 Å². The summed E-state index contributed by atoms with van der Waals surface area (Å²) >= 11 is 0. The van der Waals surface area contributed by atoms with E-state index in [1.807, 2.05) is 0 Å². The molecule has 0 saturated carbocycles. The molecule has 0 aromatic heterocycles. The Morgan fingerprint density at radius 2 is 1.74 bits per heavy atom. The van der Waals surface area contributed by atoms with E-state index in [0.717, 1.165) is 12.8 Å². The zero-order valence-corrected chi connectivity index (χ0v) is 16.4. The highest BCUT2D eigenvalue weighted by molar-refractivity contribution is 7.88. The van der Waals surface area contributed by atoms with Crippen LogP contribution in [-0.2, 0) is 14.8 Å². The molecule has 2 bridgehead atoms. The van der Waals surface area contributed by atoms with E-state index in [9.17, 15) is 18.0 Å². The quantitative estimate of drug-likeness (QED) is 0.771. The fourth-order valence-electron chi connectivity index (χ4n) is 4.16. The SMILES string of the molecule is C=CC(=O)N(C)c1ccc(C(=O)NC2CC3CCC(C2)N3S(C)(=O)=O)cc1. The Hall–Kier alpha value is -2.19. The van der Waals surface area contributed by atoms with E-state index < -0.39 is 10.0 Å². The number of carbonyl (C=O) groups is 2.